The second-order valence-corrected chi connectivity index (χ2v) is 7.30. The highest BCUT2D eigenvalue weighted by atomic mass is 31.1. The lowest BCUT2D eigenvalue weighted by Crippen LogP contribution is -2.07. The van der Waals surface area contributed by atoms with Gasteiger partial charge in [0.05, 0.1) is 0 Å². The van der Waals surface area contributed by atoms with Gasteiger partial charge in [-0.15, -0.1) is 9.24 Å². The third kappa shape index (κ3) is 3.33. The molecule has 3 rings (SSSR count). The number of rotatable bonds is 4. The van der Waals surface area contributed by atoms with Crippen LogP contribution in [0, 0.1) is 0 Å². The molecular formula is C19H17OP2+. The zero-order chi connectivity index (χ0) is 15.4. The average Bonchev–Trinajstić information content (AvgIpc) is 2.56. The molecule has 2 unspecified atom stereocenters. The number of hydrogen-bond acceptors (Lipinski definition) is 1. The van der Waals surface area contributed by atoms with Crippen molar-refractivity contribution in [3.63, 3.8) is 0 Å². The van der Waals surface area contributed by atoms with Gasteiger partial charge in [-0.3, -0.25) is 0 Å². The fraction of sp³-hybridized carbons (Fsp3) is 0.0526. The number of benzene rings is 3. The fourth-order valence-corrected chi connectivity index (χ4v) is 4.29. The standard InChI is InChI=1S/C19H17OP2/c20-22(14-15-8-2-1-3-9-15)19-13-7-5-11-17(19)16-10-4-6-12-18(16)21/h1-13H,14,21H2/q+1. The molecule has 0 saturated carbocycles. The van der Waals surface area contributed by atoms with E-state index in [0.29, 0.717) is 6.16 Å². The van der Waals surface area contributed by atoms with Gasteiger partial charge in [0, 0.05) is 11.1 Å². The maximum absolute atomic E-state index is 12.9. The molecule has 0 saturated heterocycles. The summed E-state index contributed by atoms with van der Waals surface area (Å²) in [6.07, 6.45) is 0.576. The van der Waals surface area contributed by atoms with Crippen molar-refractivity contribution in [3.8, 4) is 11.1 Å². The van der Waals surface area contributed by atoms with E-state index in [0.717, 1.165) is 27.3 Å². The average molecular weight is 323 g/mol. The Hall–Kier alpha value is -1.81. The van der Waals surface area contributed by atoms with E-state index in [2.05, 4.69) is 27.4 Å². The van der Waals surface area contributed by atoms with E-state index in [1.54, 1.807) is 0 Å². The van der Waals surface area contributed by atoms with Crippen LogP contribution in [0.25, 0.3) is 11.1 Å². The lowest BCUT2D eigenvalue weighted by atomic mass is 10.1. The summed E-state index contributed by atoms with van der Waals surface area (Å²) in [5.74, 6) is 0. The van der Waals surface area contributed by atoms with Gasteiger partial charge < -0.3 is 0 Å². The van der Waals surface area contributed by atoms with Crippen LogP contribution in [0.1, 0.15) is 5.56 Å². The van der Waals surface area contributed by atoms with Gasteiger partial charge in [0.15, 0.2) is 11.5 Å². The van der Waals surface area contributed by atoms with Gasteiger partial charge in [-0.1, -0.05) is 71.3 Å². The first-order chi connectivity index (χ1) is 10.8. The molecular weight excluding hydrogens is 306 g/mol. The van der Waals surface area contributed by atoms with E-state index in [1.807, 2.05) is 60.7 Å². The summed E-state index contributed by atoms with van der Waals surface area (Å²) >= 11 is 0. The van der Waals surface area contributed by atoms with Crippen molar-refractivity contribution >= 4 is 27.6 Å². The van der Waals surface area contributed by atoms with Crippen molar-refractivity contribution in [2.45, 2.75) is 6.16 Å². The summed E-state index contributed by atoms with van der Waals surface area (Å²) in [4.78, 5) is 0. The molecule has 3 aromatic rings. The Morgan fingerprint density at radius 2 is 1.32 bits per heavy atom. The van der Waals surface area contributed by atoms with Crippen LogP contribution in [0.15, 0.2) is 78.9 Å². The molecule has 0 radical (unpaired) electrons. The molecule has 3 aromatic carbocycles. The van der Waals surface area contributed by atoms with Gasteiger partial charge in [-0.2, -0.15) is 0 Å². The third-order valence-corrected chi connectivity index (χ3v) is 5.68. The SMILES string of the molecule is O=[P+](Cc1ccccc1)c1ccccc1-c1ccccc1P. The molecule has 0 fully saturated rings. The van der Waals surface area contributed by atoms with E-state index < -0.39 is 7.80 Å². The van der Waals surface area contributed by atoms with E-state index >= 15 is 0 Å². The molecule has 0 aliphatic heterocycles. The normalized spacial score (nSPS) is 11.2. The highest BCUT2D eigenvalue weighted by Gasteiger charge is 2.25. The van der Waals surface area contributed by atoms with E-state index in [-0.39, 0.29) is 0 Å². The van der Waals surface area contributed by atoms with Gasteiger partial charge >= 0.3 is 7.80 Å². The van der Waals surface area contributed by atoms with Crippen molar-refractivity contribution in [3.05, 3.63) is 84.4 Å². The molecule has 0 bridgehead atoms. The van der Waals surface area contributed by atoms with Crippen molar-refractivity contribution < 1.29 is 4.57 Å². The summed E-state index contributed by atoms with van der Waals surface area (Å²) in [7, 11) is 1.29. The Morgan fingerprint density at radius 3 is 2.05 bits per heavy atom. The zero-order valence-corrected chi connectivity index (χ0v) is 14.2. The Morgan fingerprint density at radius 1 is 0.727 bits per heavy atom. The highest BCUT2D eigenvalue weighted by molar-refractivity contribution is 7.53. The molecule has 2 atom stereocenters. The van der Waals surface area contributed by atoms with Crippen LogP contribution in [-0.2, 0) is 10.7 Å². The molecule has 3 heteroatoms. The second kappa shape index (κ2) is 6.97. The molecule has 0 N–H and O–H groups in total. The molecule has 0 aromatic heterocycles. The lowest BCUT2D eigenvalue weighted by Gasteiger charge is -2.06. The molecule has 108 valence electrons. The van der Waals surface area contributed by atoms with Crippen LogP contribution in [0.5, 0.6) is 0 Å². The number of hydrogen-bond donors (Lipinski definition) is 0. The largest absolute Gasteiger partial charge is 0.382 e. The van der Waals surface area contributed by atoms with Crippen LogP contribution in [0.3, 0.4) is 0 Å². The van der Waals surface area contributed by atoms with Crippen LogP contribution < -0.4 is 10.6 Å². The van der Waals surface area contributed by atoms with Gasteiger partial charge in [0.1, 0.15) is 0 Å². The third-order valence-electron chi connectivity index (χ3n) is 3.59. The van der Waals surface area contributed by atoms with Crippen LogP contribution in [0.4, 0.5) is 0 Å². The first-order valence-corrected chi connectivity index (χ1v) is 9.20. The summed E-state index contributed by atoms with van der Waals surface area (Å²) in [5.41, 5.74) is 3.29. The van der Waals surface area contributed by atoms with Gasteiger partial charge in [-0.05, 0) is 23.0 Å². The first-order valence-electron chi connectivity index (χ1n) is 7.18. The molecule has 0 aliphatic rings. The van der Waals surface area contributed by atoms with Gasteiger partial charge in [0.25, 0.3) is 0 Å². The maximum Gasteiger partial charge on any atom is 0.382 e. The molecule has 1 nitrogen and oxygen atoms in total. The molecule has 0 spiro atoms. The van der Waals surface area contributed by atoms with Gasteiger partial charge in [-0.25, -0.2) is 0 Å². The quantitative estimate of drug-likeness (QED) is 0.646. The Kier molecular flexibility index (Phi) is 4.78. The molecule has 0 amide bonds. The highest BCUT2D eigenvalue weighted by Crippen LogP contribution is 2.31. The Bertz CT molecular complexity index is 797. The smallest absolute Gasteiger partial charge is 0.105 e. The minimum absolute atomic E-state index is 0.576. The summed E-state index contributed by atoms with van der Waals surface area (Å²) in [6.45, 7) is 0. The van der Waals surface area contributed by atoms with Crippen molar-refractivity contribution in [2.24, 2.45) is 0 Å². The zero-order valence-electron chi connectivity index (χ0n) is 12.1. The minimum Gasteiger partial charge on any atom is -0.105 e. The predicted molar refractivity (Wildman–Crippen MR) is 98.6 cm³/mol. The molecule has 0 aliphatic carbocycles. The second-order valence-electron chi connectivity index (χ2n) is 5.13. The fourth-order valence-electron chi connectivity index (χ4n) is 2.50. The van der Waals surface area contributed by atoms with Crippen LogP contribution in [-0.4, -0.2) is 0 Å². The van der Waals surface area contributed by atoms with Crippen LogP contribution >= 0.6 is 17.0 Å². The first kappa shape index (κ1) is 15.1. The topological polar surface area (TPSA) is 17.1 Å². The summed E-state index contributed by atoms with van der Waals surface area (Å²) < 4.78 is 12.9. The van der Waals surface area contributed by atoms with E-state index in [9.17, 15) is 4.57 Å². The maximum atomic E-state index is 12.9. The summed E-state index contributed by atoms with van der Waals surface area (Å²) in [5, 5.41) is 2.05. The van der Waals surface area contributed by atoms with Crippen LogP contribution in [0.2, 0.25) is 0 Å². The lowest BCUT2D eigenvalue weighted by molar-refractivity contribution is 0.593. The Balaban J connectivity index is 1.98. The minimum atomic E-state index is -1.47. The van der Waals surface area contributed by atoms with E-state index in [4.69, 9.17) is 0 Å². The van der Waals surface area contributed by atoms with E-state index in [1.165, 1.54) is 0 Å². The monoisotopic (exact) mass is 323 g/mol. The molecule has 0 heterocycles. The Labute approximate surface area is 134 Å². The van der Waals surface area contributed by atoms with Crippen molar-refractivity contribution in [2.75, 3.05) is 0 Å². The van der Waals surface area contributed by atoms with Crippen molar-refractivity contribution in [1.82, 2.24) is 0 Å². The molecule has 22 heavy (non-hydrogen) atoms. The van der Waals surface area contributed by atoms with Gasteiger partial charge in [0.2, 0.25) is 0 Å². The predicted octanol–water partition coefficient (Wildman–Crippen LogP) is 4.51. The van der Waals surface area contributed by atoms with Crippen molar-refractivity contribution in [1.29, 1.82) is 0 Å². The summed E-state index contributed by atoms with van der Waals surface area (Å²) in [6, 6.07) is 26.2.